The molecule has 0 aliphatic heterocycles. The molecule has 0 saturated carbocycles. The van der Waals surface area contributed by atoms with E-state index in [4.69, 9.17) is 9.47 Å². The van der Waals surface area contributed by atoms with Crippen molar-refractivity contribution in [1.82, 2.24) is 5.32 Å². The Bertz CT molecular complexity index is 1180. The van der Waals surface area contributed by atoms with Crippen molar-refractivity contribution >= 4 is 17.9 Å². The van der Waals surface area contributed by atoms with Gasteiger partial charge in [-0.2, -0.15) is 4.99 Å². The number of nitrogens with one attached hydrogen (secondary N) is 1. The number of hydrogen-bond acceptors (Lipinski definition) is 4. The number of allylic oxidation sites excluding steroid dienone is 1. The summed E-state index contributed by atoms with van der Waals surface area (Å²) in [6, 6.07) is 12.8. The fourth-order valence-corrected chi connectivity index (χ4v) is 4.05. The van der Waals surface area contributed by atoms with Crippen molar-refractivity contribution < 1.29 is 19.1 Å². The van der Waals surface area contributed by atoms with Crippen molar-refractivity contribution in [3.8, 4) is 11.1 Å². The van der Waals surface area contributed by atoms with E-state index in [9.17, 15) is 9.59 Å². The van der Waals surface area contributed by atoms with Crippen LogP contribution in [0.4, 0.5) is 9.59 Å². The third-order valence-electron chi connectivity index (χ3n) is 5.24. The van der Waals surface area contributed by atoms with E-state index in [2.05, 4.69) is 53.3 Å². The summed E-state index contributed by atoms with van der Waals surface area (Å²) in [4.78, 5) is 28.1. The molecule has 6 heteroatoms. The SMILES string of the molecule is C=C(Cc1ccc2c(c1)Cc1cc(CC(C)=NC(=O)OC(C)(C)C)ccc1-2)NC(=O)OC(C)(C)C. The summed E-state index contributed by atoms with van der Waals surface area (Å²) in [5, 5.41) is 2.72. The lowest BCUT2D eigenvalue weighted by atomic mass is 10.00. The Labute approximate surface area is 208 Å². The van der Waals surface area contributed by atoms with Crippen LogP contribution >= 0.6 is 0 Å². The topological polar surface area (TPSA) is 77.0 Å². The molecule has 2 amide bonds. The van der Waals surface area contributed by atoms with Gasteiger partial charge in [-0.05, 0) is 88.3 Å². The van der Waals surface area contributed by atoms with Gasteiger partial charge in [-0.1, -0.05) is 43.0 Å². The molecule has 0 saturated heterocycles. The lowest BCUT2D eigenvalue weighted by Crippen LogP contribution is -2.32. The van der Waals surface area contributed by atoms with E-state index in [1.165, 1.54) is 22.3 Å². The minimum Gasteiger partial charge on any atom is -0.444 e. The van der Waals surface area contributed by atoms with Crippen LogP contribution in [-0.2, 0) is 28.7 Å². The van der Waals surface area contributed by atoms with E-state index in [-0.39, 0.29) is 0 Å². The summed E-state index contributed by atoms with van der Waals surface area (Å²) < 4.78 is 10.6. The number of rotatable bonds is 5. The second-order valence-corrected chi connectivity index (χ2v) is 11.1. The Kier molecular flexibility index (Phi) is 7.53. The molecule has 0 radical (unpaired) electrons. The van der Waals surface area contributed by atoms with Crippen molar-refractivity contribution in [1.29, 1.82) is 0 Å². The third kappa shape index (κ3) is 7.81. The summed E-state index contributed by atoms with van der Waals surface area (Å²) in [6.45, 7) is 16.8. The molecule has 2 aromatic carbocycles. The van der Waals surface area contributed by atoms with Gasteiger partial charge in [0.15, 0.2) is 0 Å². The highest BCUT2D eigenvalue weighted by molar-refractivity contribution is 5.93. The molecule has 0 heterocycles. The molecule has 0 spiro atoms. The van der Waals surface area contributed by atoms with Crippen molar-refractivity contribution in [2.24, 2.45) is 4.99 Å². The molecule has 0 unspecified atom stereocenters. The van der Waals surface area contributed by atoms with Gasteiger partial charge in [-0.25, -0.2) is 9.59 Å². The van der Waals surface area contributed by atoms with E-state index >= 15 is 0 Å². The first-order valence-electron chi connectivity index (χ1n) is 11.9. The fraction of sp³-hybridized carbons (Fsp3) is 0.414. The number of hydrogen-bond donors (Lipinski definition) is 1. The summed E-state index contributed by atoms with van der Waals surface area (Å²) in [5.41, 5.74) is 7.34. The molecule has 35 heavy (non-hydrogen) atoms. The zero-order valence-corrected chi connectivity index (χ0v) is 21.9. The number of carbonyl (C=O) groups is 2. The summed E-state index contributed by atoms with van der Waals surface area (Å²) in [7, 11) is 0. The number of benzene rings is 2. The van der Waals surface area contributed by atoms with Gasteiger partial charge in [0.25, 0.3) is 0 Å². The second kappa shape index (κ2) is 10.1. The maximum atomic E-state index is 12.0. The van der Waals surface area contributed by atoms with E-state index in [1.54, 1.807) is 0 Å². The van der Waals surface area contributed by atoms with Gasteiger partial charge in [0.1, 0.15) is 11.2 Å². The van der Waals surface area contributed by atoms with Gasteiger partial charge in [0.2, 0.25) is 0 Å². The number of ether oxygens (including phenoxy) is 2. The molecule has 1 aliphatic rings. The highest BCUT2D eigenvalue weighted by Gasteiger charge is 2.21. The van der Waals surface area contributed by atoms with Gasteiger partial charge < -0.3 is 9.47 Å². The normalized spacial score (nSPS) is 13.1. The zero-order chi connectivity index (χ0) is 26.0. The van der Waals surface area contributed by atoms with E-state index in [1.807, 2.05) is 48.5 Å². The van der Waals surface area contributed by atoms with E-state index in [0.717, 1.165) is 17.5 Å². The van der Waals surface area contributed by atoms with Crippen LogP contribution in [0.2, 0.25) is 0 Å². The summed E-state index contributed by atoms with van der Waals surface area (Å²) in [6.07, 6.45) is 0.909. The van der Waals surface area contributed by atoms with Crippen LogP contribution < -0.4 is 5.32 Å². The molecule has 3 rings (SSSR count). The number of alkyl carbamates (subject to hydrolysis) is 1. The molecule has 2 aromatic rings. The van der Waals surface area contributed by atoms with Crippen LogP contribution in [0.3, 0.4) is 0 Å². The standard InChI is InChI=1S/C29H36N2O4/c1-18(30-26(32)34-28(3,4)5)13-20-9-11-24-22(15-20)17-23-16-21(10-12-25(23)24)14-19(2)31-27(33)35-29(6,7)8/h9-12,15-16H,1,13-14,17H2,2-8H3,(H,30,32). The van der Waals surface area contributed by atoms with Gasteiger partial charge in [0, 0.05) is 24.3 Å². The molecule has 0 fully saturated rings. The van der Waals surface area contributed by atoms with Gasteiger partial charge >= 0.3 is 12.2 Å². The Morgan fingerprint density at radius 1 is 0.886 bits per heavy atom. The predicted molar refractivity (Wildman–Crippen MR) is 140 cm³/mol. The molecule has 186 valence electrons. The number of amides is 2. The lowest BCUT2D eigenvalue weighted by Gasteiger charge is -2.20. The molecule has 6 nitrogen and oxygen atoms in total. The highest BCUT2D eigenvalue weighted by Crippen LogP contribution is 2.37. The molecular formula is C29H36N2O4. The lowest BCUT2D eigenvalue weighted by molar-refractivity contribution is 0.0543. The maximum absolute atomic E-state index is 12.0. The van der Waals surface area contributed by atoms with Crippen molar-refractivity contribution in [3.05, 3.63) is 70.9 Å². The smallest absolute Gasteiger partial charge is 0.434 e. The first-order chi connectivity index (χ1) is 16.2. The number of fused-ring (bicyclic) bond motifs is 3. The monoisotopic (exact) mass is 476 g/mol. The molecular weight excluding hydrogens is 440 g/mol. The number of carbonyl (C=O) groups excluding carboxylic acids is 2. The van der Waals surface area contributed by atoms with Gasteiger partial charge in [-0.15, -0.1) is 0 Å². The third-order valence-corrected chi connectivity index (χ3v) is 5.24. The van der Waals surface area contributed by atoms with Gasteiger partial charge in [0.05, 0.1) is 0 Å². The summed E-state index contributed by atoms with van der Waals surface area (Å²) in [5.74, 6) is 0. The van der Waals surface area contributed by atoms with Gasteiger partial charge in [-0.3, -0.25) is 5.32 Å². The second-order valence-electron chi connectivity index (χ2n) is 11.1. The molecule has 0 atom stereocenters. The highest BCUT2D eigenvalue weighted by atomic mass is 16.6. The molecule has 0 aromatic heterocycles. The maximum Gasteiger partial charge on any atom is 0.434 e. The fourth-order valence-electron chi connectivity index (χ4n) is 4.05. The minimum absolute atomic E-state index is 0.492. The first-order valence-corrected chi connectivity index (χ1v) is 11.9. The Balaban J connectivity index is 1.65. The van der Waals surface area contributed by atoms with E-state index in [0.29, 0.717) is 24.3 Å². The van der Waals surface area contributed by atoms with Crippen molar-refractivity contribution in [2.75, 3.05) is 0 Å². The van der Waals surface area contributed by atoms with Crippen LogP contribution in [0, 0.1) is 0 Å². The Morgan fingerprint density at radius 2 is 1.40 bits per heavy atom. The predicted octanol–water partition coefficient (Wildman–Crippen LogP) is 6.78. The zero-order valence-electron chi connectivity index (χ0n) is 21.9. The molecule has 1 aliphatic carbocycles. The van der Waals surface area contributed by atoms with Crippen LogP contribution in [0.25, 0.3) is 11.1 Å². The van der Waals surface area contributed by atoms with Crippen LogP contribution in [0.15, 0.2) is 53.7 Å². The van der Waals surface area contributed by atoms with Crippen LogP contribution in [-0.4, -0.2) is 29.1 Å². The Hall–Kier alpha value is -3.41. The average Bonchev–Trinajstić information content (AvgIpc) is 3.01. The summed E-state index contributed by atoms with van der Waals surface area (Å²) >= 11 is 0. The minimum atomic E-state index is -0.558. The Morgan fingerprint density at radius 3 is 1.91 bits per heavy atom. The van der Waals surface area contributed by atoms with Crippen molar-refractivity contribution in [2.45, 2.75) is 78.9 Å². The number of aliphatic imine (C=N–C) groups is 1. The average molecular weight is 477 g/mol. The largest absolute Gasteiger partial charge is 0.444 e. The van der Waals surface area contributed by atoms with Crippen LogP contribution in [0.1, 0.15) is 70.7 Å². The van der Waals surface area contributed by atoms with Crippen molar-refractivity contribution in [3.63, 3.8) is 0 Å². The van der Waals surface area contributed by atoms with E-state index < -0.39 is 23.4 Å². The molecule has 0 bridgehead atoms. The van der Waals surface area contributed by atoms with Crippen LogP contribution in [0.5, 0.6) is 0 Å². The quantitative estimate of drug-likeness (QED) is 0.412. The first kappa shape index (κ1) is 26.2. The molecule has 1 N–H and O–H groups in total. The number of nitrogens with zero attached hydrogens (tertiary/aromatic N) is 1.